The molecule has 0 saturated carbocycles. The number of hydrogen-bond acceptors (Lipinski definition) is 9. The Bertz CT molecular complexity index is 1110. The molecule has 2 N–H and O–H groups in total. The minimum atomic E-state index is -3.75. The predicted molar refractivity (Wildman–Crippen MR) is 115 cm³/mol. The third-order valence-corrected chi connectivity index (χ3v) is 7.45. The Labute approximate surface area is 185 Å². The number of carbonyl (C=O) groups excluding carboxylic acids is 2. The molecule has 0 amide bonds. The quantitative estimate of drug-likeness (QED) is 0.558. The van der Waals surface area contributed by atoms with Gasteiger partial charge in [-0.3, -0.25) is 0 Å². The van der Waals surface area contributed by atoms with E-state index >= 15 is 0 Å². The van der Waals surface area contributed by atoms with Crippen molar-refractivity contribution in [2.45, 2.75) is 32.3 Å². The molecular formula is C20H23N3O6S2. The average Bonchev–Trinajstić information content (AvgIpc) is 3.08. The van der Waals surface area contributed by atoms with Crippen LogP contribution in [0.4, 0.5) is 5.00 Å². The number of rotatable bonds is 9. The van der Waals surface area contributed by atoms with Crippen LogP contribution in [0.25, 0.3) is 0 Å². The Kier molecular flexibility index (Phi) is 8.15. The molecule has 166 valence electrons. The number of ether oxygens (including phenoxy) is 2. The van der Waals surface area contributed by atoms with E-state index in [9.17, 15) is 23.3 Å². The van der Waals surface area contributed by atoms with Crippen LogP contribution in [-0.2, 0) is 26.1 Å². The number of nitrogens with zero attached hydrogens (tertiary/aromatic N) is 2. The summed E-state index contributed by atoms with van der Waals surface area (Å²) >= 11 is 0.880. The minimum Gasteiger partial charge on any atom is -0.462 e. The van der Waals surface area contributed by atoms with Gasteiger partial charge in [-0.25, -0.2) is 18.0 Å². The predicted octanol–water partition coefficient (Wildman–Crippen LogP) is 2.77. The molecule has 0 radical (unpaired) electrons. The summed E-state index contributed by atoms with van der Waals surface area (Å²) in [5, 5.41) is 9.46. The molecule has 0 aliphatic carbocycles. The number of nitriles is 1. The Balaban J connectivity index is 2.29. The third kappa shape index (κ3) is 5.22. The van der Waals surface area contributed by atoms with E-state index in [-0.39, 0.29) is 38.1 Å². The van der Waals surface area contributed by atoms with Crippen LogP contribution in [0.2, 0.25) is 0 Å². The van der Waals surface area contributed by atoms with Gasteiger partial charge in [-0.15, -0.1) is 11.3 Å². The van der Waals surface area contributed by atoms with E-state index in [2.05, 4.69) is 0 Å². The number of nitrogens with two attached hydrogens (primary N) is 1. The molecule has 0 spiro atoms. The lowest BCUT2D eigenvalue weighted by molar-refractivity contribution is 0.0452. The highest BCUT2D eigenvalue weighted by Crippen LogP contribution is 2.32. The summed E-state index contributed by atoms with van der Waals surface area (Å²) in [7, 11) is -3.75. The van der Waals surface area contributed by atoms with Gasteiger partial charge < -0.3 is 15.2 Å². The van der Waals surface area contributed by atoms with Crippen LogP contribution in [0.3, 0.4) is 0 Å². The average molecular weight is 466 g/mol. The topological polar surface area (TPSA) is 140 Å². The second-order valence-electron chi connectivity index (χ2n) is 6.17. The SMILES string of the molecule is CCOC(=O)c1sc(N)c(C#N)c1COC(=O)c1cccc(S(=O)(=O)N(CC)CC)c1. The van der Waals surface area contributed by atoms with Crippen LogP contribution in [-0.4, -0.2) is 44.4 Å². The highest BCUT2D eigenvalue weighted by molar-refractivity contribution is 7.89. The van der Waals surface area contributed by atoms with Gasteiger partial charge in [0.1, 0.15) is 22.6 Å². The van der Waals surface area contributed by atoms with E-state index < -0.39 is 28.6 Å². The van der Waals surface area contributed by atoms with E-state index in [1.807, 2.05) is 6.07 Å². The van der Waals surface area contributed by atoms with Crippen molar-refractivity contribution in [3.05, 3.63) is 45.8 Å². The van der Waals surface area contributed by atoms with Gasteiger partial charge in [0.15, 0.2) is 0 Å². The van der Waals surface area contributed by atoms with Crippen molar-refractivity contribution in [1.82, 2.24) is 4.31 Å². The summed E-state index contributed by atoms with van der Waals surface area (Å²) < 4.78 is 36.9. The number of nitrogen functional groups attached to an aromatic ring is 1. The zero-order chi connectivity index (χ0) is 23.2. The number of esters is 2. The monoisotopic (exact) mass is 465 g/mol. The molecule has 0 fully saturated rings. The molecule has 0 saturated heterocycles. The third-order valence-electron chi connectivity index (χ3n) is 4.37. The maximum atomic E-state index is 12.7. The largest absolute Gasteiger partial charge is 0.462 e. The van der Waals surface area contributed by atoms with Gasteiger partial charge >= 0.3 is 11.9 Å². The van der Waals surface area contributed by atoms with E-state index in [1.165, 1.54) is 28.6 Å². The summed E-state index contributed by atoms with van der Waals surface area (Å²) in [6.07, 6.45) is 0. The fraction of sp³-hybridized carbons (Fsp3) is 0.350. The normalized spacial score (nSPS) is 11.2. The van der Waals surface area contributed by atoms with Gasteiger partial charge in [0.25, 0.3) is 0 Å². The van der Waals surface area contributed by atoms with Crippen molar-refractivity contribution in [2.75, 3.05) is 25.4 Å². The van der Waals surface area contributed by atoms with E-state index in [0.717, 1.165) is 11.3 Å². The molecule has 0 aliphatic rings. The fourth-order valence-electron chi connectivity index (χ4n) is 2.82. The van der Waals surface area contributed by atoms with E-state index in [0.29, 0.717) is 13.1 Å². The van der Waals surface area contributed by atoms with Crippen LogP contribution >= 0.6 is 11.3 Å². The van der Waals surface area contributed by atoms with Gasteiger partial charge in [-0.1, -0.05) is 19.9 Å². The minimum absolute atomic E-state index is 0.0209. The number of carbonyl (C=O) groups is 2. The summed E-state index contributed by atoms with van der Waals surface area (Å²) in [5.74, 6) is -1.47. The molecule has 0 unspecified atom stereocenters. The summed E-state index contributed by atoms with van der Waals surface area (Å²) in [6, 6.07) is 7.40. The molecule has 0 aliphatic heterocycles. The maximum absolute atomic E-state index is 12.7. The lowest BCUT2D eigenvalue weighted by atomic mass is 10.1. The lowest BCUT2D eigenvalue weighted by Gasteiger charge is -2.18. The molecular weight excluding hydrogens is 442 g/mol. The fourth-order valence-corrected chi connectivity index (χ4v) is 5.25. The molecule has 1 aromatic carbocycles. The Morgan fingerprint density at radius 1 is 1.16 bits per heavy atom. The summed E-state index contributed by atoms with van der Waals surface area (Å²) in [5.41, 5.74) is 6.02. The number of thiophene rings is 1. The number of sulfonamides is 1. The van der Waals surface area contributed by atoms with Crippen molar-refractivity contribution < 1.29 is 27.5 Å². The Morgan fingerprint density at radius 2 is 1.84 bits per heavy atom. The molecule has 2 rings (SSSR count). The summed E-state index contributed by atoms with van der Waals surface area (Å²) in [4.78, 5) is 24.8. The van der Waals surface area contributed by atoms with Crippen LogP contribution in [0.15, 0.2) is 29.2 Å². The Hall–Kier alpha value is -2.94. The number of benzene rings is 1. The molecule has 31 heavy (non-hydrogen) atoms. The van der Waals surface area contributed by atoms with Gasteiger partial charge in [0.05, 0.1) is 22.6 Å². The standard InChI is InChI=1S/C20H23N3O6S2/c1-4-23(5-2)31(26,27)14-9-7-8-13(10-14)19(24)29-12-16-15(11-21)18(22)30-17(16)20(25)28-6-3/h7-10H,4-6,12,22H2,1-3H3. The van der Waals surface area contributed by atoms with Crippen LogP contribution < -0.4 is 5.73 Å². The van der Waals surface area contributed by atoms with E-state index in [1.54, 1.807) is 20.8 Å². The number of hydrogen-bond donors (Lipinski definition) is 1. The molecule has 1 aromatic heterocycles. The van der Waals surface area contributed by atoms with E-state index in [4.69, 9.17) is 15.2 Å². The zero-order valence-electron chi connectivity index (χ0n) is 17.4. The molecule has 0 bridgehead atoms. The first-order valence-corrected chi connectivity index (χ1v) is 11.7. The highest BCUT2D eigenvalue weighted by atomic mass is 32.2. The van der Waals surface area contributed by atoms with Crippen LogP contribution in [0, 0.1) is 11.3 Å². The van der Waals surface area contributed by atoms with Gasteiger partial charge in [-0.2, -0.15) is 9.57 Å². The van der Waals surface area contributed by atoms with Crippen LogP contribution in [0.1, 0.15) is 51.9 Å². The van der Waals surface area contributed by atoms with Crippen molar-refractivity contribution in [2.24, 2.45) is 0 Å². The Morgan fingerprint density at radius 3 is 2.42 bits per heavy atom. The van der Waals surface area contributed by atoms with Gasteiger partial charge in [0.2, 0.25) is 10.0 Å². The van der Waals surface area contributed by atoms with Crippen molar-refractivity contribution in [3.63, 3.8) is 0 Å². The molecule has 0 atom stereocenters. The molecule has 2 aromatic rings. The highest BCUT2D eigenvalue weighted by Gasteiger charge is 2.25. The molecule has 9 nitrogen and oxygen atoms in total. The van der Waals surface area contributed by atoms with Crippen LogP contribution in [0.5, 0.6) is 0 Å². The van der Waals surface area contributed by atoms with Gasteiger partial charge in [0, 0.05) is 18.7 Å². The summed E-state index contributed by atoms with van der Waals surface area (Å²) in [6.45, 7) is 5.40. The first-order valence-electron chi connectivity index (χ1n) is 9.46. The zero-order valence-corrected chi connectivity index (χ0v) is 19.0. The first-order chi connectivity index (χ1) is 14.7. The maximum Gasteiger partial charge on any atom is 0.348 e. The second-order valence-corrected chi connectivity index (χ2v) is 9.16. The number of anilines is 1. The smallest absolute Gasteiger partial charge is 0.348 e. The van der Waals surface area contributed by atoms with Crippen molar-refractivity contribution in [1.29, 1.82) is 5.26 Å². The van der Waals surface area contributed by atoms with Gasteiger partial charge in [-0.05, 0) is 25.1 Å². The second kappa shape index (κ2) is 10.4. The van der Waals surface area contributed by atoms with Crippen molar-refractivity contribution in [3.8, 4) is 6.07 Å². The lowest BCUT2D eigenvalue weighted by Crippen LogP contribution is -2.30. The first kappa shape index (κ1) is 24.3. The molecule has 1 heterocycles. The van der Waals surface area contributed by atoms with Crippen molar-refractivity contribution >= 4 is 38.3 Å². The molecule has 11 heteroatoms.